The number of imidazole rings is 1. The Labute approximate surface area is 236 Å². The molecule has 0 bridgehead atoms. The Morgan fingerprint density at radius 2 is 1.68 bits per heavy atom. The van der Waals surface area contributed by atoms with E-state index >= 15 is 0 Å². The van der Waals surface area contributed by atoms with Gasteiger partial charge in [0.15, 0.2) is 11.5 Å². The molecule has 3 aromatic carbocycles. The first-order valence-electron chi connectivity index (χ1n) is 13.6. The van der Waals surface area contributed by atoms with Gasteiger partial charge in [0, 0.05) is 18.5 Å². The van der Waals surface area contributed by atoms with E-state index in [1.807, 2.05) is 18.2 Å². The van der Waals surface area contributed by atoms with Gasteiger partial charge in [-0.25, -0.2) is 4.98 Å². The second-order valence-corrected chi connectivity index (χ2v) is 9.99. The van der Waals surface area contributed by atoms with Crippen molar-refractivity contribution in [2.45, 2.75) is 46.1 Å². The molecule has 0 saturated heterocycles. The lowest BCUT2D eigenvalue weighted by molar-refractivity contribution is 0.0952. The van der Waals surface area contributed by atoms with E-state index in [9.17, 15) is 4.79 Å². The molecule has 0 atom stereocenters. The van der Waals surface area contributed by atoms with Crippen molar-refractivity contribution in [3.63, 3.8) is 0 Å². The minimum Gasteiger partial charge on any atom is -0.493 e. The first kappa shape index (κ1) is 28.8. The summed E-state index contributed by atoms with van der Waals surface area (Å²) in [6.45, 7) is 8.15. The molecule has 1 N–H and O–H groups in total. The Hall–Kier alpha value is -4.20. The monoisotopic (exact) mass is 545 g/mol. The van der Waals surface area contributed by atoms with Gasteiger partial charge >= 0.3 is 0 Å². The molecule has 0 unspecified atom stereocenters. The van der Waals surface area contributed by atoms with Gasteiger partial charge in [-0.15, -0.1) is 0 Å². The number of aryl methyl sites for hydroxylation is 2. The largest absolute Gasteiger partial charge is 0.493 e. The average molecular weight is 546 g/mol. The van der Waals surface area contributed by atoms with Gasteiger partial charge < -0.3 is 28.8 Å². The molecule has 8 heteroatoms. The number of fused-ring (bicyclic) bond motifs is 1. The Morgan fingerprint density at radius 1 is 0.950 bits per heavy atom. The van der Waals surface area contributed by atoms with Crippen LogP contribution in [-0.4, -0.2) is 49.9 Å². The van der Waals surface area contributed by atoms with Gasteiger partial charge in [0.05, 0.1) is 38.9 Å². The minimum atomic E-state index is -0.208. The predicted octanol–water partition coefficient (Wildman–Crippen LogP) is 5.94. The van der Waals surface area contributed by atoms with Crippen LogP contribution in [0.2, 0.25) is 0 Å². The molecule has 0 spiro atoms. The lowest BCUT2D eigenvalue weighted by Crippen LogP contribution is -2.25. The molecule has 1 heterocycles. The van der Waals surface area contributed by atoms with Gasteiger partial charge in [0.2, 0.25) is 5.75 Å². The molecule has 0 saturated carbocycles. The molecule has 1 amide bonds. The summed E-state index contributed by atoms with van der Waals surface area (Å²) in [7, 11) is 4.59. The maximum Gasteiger partial charge on any atom is 0.251 e. The summed E-state index contributed by atoms with van der Waals surface area (Å²) >= 11 is 0. The summed E-state index contributed by atoms with van der Waals surface area (Å²) < 4.78 is 24.6. The number of para-hydroxylation sites is 2. The molecule has 0 radical (unpaired) electrons. The van der Waals surface area contributed by atoms with Crippen LogP contribution in [-0.2, 0) is 13.0 Å². The fourth-order valence-electron chi connectivity index (χ4n) is 4.82. The van der Waals surface area contributed by atoms with Crippen molar-refractivity contribution in [2.24, 2.45) is 0 Å². The van der Waals surface area contributed by atoms with Crippen LogP contribution in [0.4, 0.5) is 0 Å². The molecule has 0 fully saturated rings. The van der Waals surface area contributed by atoms with Crippen LogP contribution in [0.3, 0.4) is 0 Å². The number of carbonyl (C=O) groups excluding carboxylic acids is 1. The zero-order valence-electron chi connectivity index (χ0n) is 24.2. The Balaban J connectivity index is 1.41. The van der Waals surface area contributed by atoms with Gasteiger partial charge in [-0.2, -0.15) is 0 Å². The molecule has 1 aromatic heterocycles. The minimum absolute atomic E-state index is 0.208. The second kappa shape index (κ2) is 13.2. The smallest absolute Gasteiger partial charge is 0.251 e. The van der Waals surface area contributed by atoms with Crippen molar-refractivity contribution in [1.82, 2.24) is 14.9 Å². The normalized spacial score (nSPS) is 11.1. The topological polar surface area (TPSA) is 83.8 Å². The van der Waals surface area contributed by atoms with E-state index < -0.39 is 0 Å². The first-order valence-corrected chi connectivity index (χ1v) is 13.6. The summed E-state index contributed by atoms with van der Waals surface area (Å²) in [6, 6.07) is 17.8. The number of hydrogen-bond acceptors (Lipinski definition) is 6. The molecule has 0 aliphatic carbocycles. The maximum atomic E-state index is 12.9. The second-order valence-electron chi connectivity index (χ2n) is 9.99. The third-order valence-corrected chi connectivity index (χ3v) is 6.89. The molecule has 0 aliphatic heterocycles. The number of rotatable bonds is 13. The molecule has 8 nitrogen and oxygen atoms in total. The number of hydrogen-bond donors (Lipinski definition) is 1. The quantitative estimate of drug-likeness (QED) is 0.210. The van der Waals surface area contributed by atoms with Gasteiger partial charge in [-0.05, 0) is 60.7 Å². The lowest BCUT2D eigenvalue weighted by atomic mass is 10.0. The van der Waals surface area contributed by atoms with Crippen molar-refractivity contribution in [1.29, 1.82) is 0 Å². The Bertz CT molecular complexity index is 1440. The number of nitrogens with zero attached hydrogens (tertiary/aromatic N) is 2. The van der Waals surface area contributed by atoms with Crippen molar-refractivity contribution in [3.8, 4) is 23.0 Å². The zero-order valence-corrected chi connectivity index (χ0v) is 24.2. The molecular weight excluding hydrogens is 506 g/mol. The van der Waals surface area contributed by atoms with E-state index in [1.165, 1.54) is 32.5 Å². The maximum absolute atomic E-state index is 12.9. The Morgan fingerprint density at radius 3 is 2.35 bits per heavy atom. The highest BCUT2D eigenvalue weighted by atomic mass is 16.5. The van der Waals surface area contributed by atoms with E-state index in [-0.39, 0.29) is 5.91 Å². The summed E-state index contributed by atoms with van der Waals surface area (Å²) in [4.78, 5) is 17.8. The van der Waals surface area contributed by atoms with Crippen molar-refractivity contribution in [2.75, 3.05) is 34.5 Å². The molecule has 4 aromatic rings. The molecule has 4 rings (SSSR count). The fourth-order valence-corrected chi connectivity index (χ4v) is 4.82. The summed E-state index contributed by atoms with van der Waals surface area (Å²) in [6.07, 6.45) is 1.45. The average Bonchev–Trinajstić information content (AvgIpc) is 3.31. The molecular formula is C32H39N3O5. The van der Waals surface area contributed by atoms with Crippen LogP contribution in [0.5, 0.6) is 23.0 Å². The molecule has 40 heavy (non-hydrogen) atoms. The number of benzene rings is 3. The third kappa shape index (κ3) is 6.50. The molecule has 0 aliphatic rings. The van der Waals surface area contributed by atoms with E-state index in [2.05, 4.69) is 54.9 Å². The van der Waals surface area contributed by atoms with Gasteiger partial charge in [-0.3, -0.25) is 4.79 Å². The number of aromatic nitrogens is 2. The van der Waals surface area contributed by atoms with E-state index in [0.29, 0.717) is 54.8 Å². The van der Waals surface area contributed by atoms with E-state index in [1.54, 1.807) is 12.1 Å². The first-order chi connectivity index (χ1) is 19.4. The summed E-state index contributed by atoms with van der Waals surface area (Å²) in [5.74, 6) is 3.42. The van der Waals surface area contributed by atoms with E-state index in [4.69, 9.17) is 23.9 Å². The van der Waals surface area contributed by atoms with Crippen LogP contribution in [0.15, 0.2) is 54.6 Å². The van der Waals surface area contributed by atoms with Crippen LogP contribution in [0.1, 0.15) is 53.5 Å². The van der Waals surface area contributed by atoms with Gasteiger partial charge in [0.1, 0.15) is 18.2 Å². The zero-order chi connectivity index (χ0) is 28.6. The Kier molecular flexibility index (Phi) is 9.53. The highest BCUT2D eigenvalue weighted by Crippen LogP contribution is 2.38. The standard InChI is InChI=1S/C32H39N3O5/c1-21(2)24-14-13-22(3)18-27(24)40-17-16-35-26-11-8-7-10-25(26)34-30(35)12-9-15-33-32(36)23-19-28(37-4)31(39-6)29(20-23)38-5/h7-8,10-11,13-14,18-21H,9,12,15-17H2,1-6H3,(H,33,36). The van der Waals surface area contributed by atoms with Crippen LogP contribution >= 0.6 is 0 Å². The number of nitrogens with one attached hydrogen (secondary N) is 1. The number of carbonyl (C=O) groups is 1. The highest BCUT2D eigenvalue weighted by Gasteiger charge is 2.17. The number of ether oxygens (including phenoxy) is 4. The van der Waals surface area contributed by atoms with Crippen LogP contribution in [0.25, 0.3) is 11.0 Å². The van der Waals surface area contributed by atoms with Crippen molar-refractivity contribution in [3.05, 3.63) is 77.1 Å². The van der Waals surface area contributed by atoms with Crippen molar-refractivity contribution < 1.29 is 23.7 Å². The number of methoxy groups -OCH3 is 3. The molecule has 212 valence electrons. The number of amides is 1. The fraction of sp³-hybridized carbons (Fsp3) is 0.375. The van der Waals surface area contributed by atoms with Crippen molar-refractivity contribution >= 4 is 16.9 Å². The predicted molar refractivity (Wildman–Crippen MR) is 157 cm³/mol. The SMILES string of the molecule is COc1cc(C(=O)NCCCc2nc3ccccc3n2CCOc2cc(C)ccc2C(C)C)cc(OC)c1OC. The van der Waals surface area contributed by atoms with E-state index in [0.717, 1.165) is 29.0 Å². The highest BCUT2D eigenvalue weighted by molar-refractivity contribution is 5.95. The summed E-state index contributed by atoms with van der Waals surface area (Å²) in [5, 5.41) is 3.00. The van der Waals surface area contributed by atoms with Crippen LogP contribution in [0, 0.1) is 6.92 Å². The summed E-state index contributed by atoms with van der Waals surface area (Å²) in [5.41, 5.74) is 4.87. The van der Waals surface area contributed by atoms with Gasteiger partial charge in [0.25, 0.3) is 5.91 Å². The van der Waals surface area contributed by atoms with Gasteiger partial charge in [-0.1, -0.05) is 38.1 Å². The lowest BCUT2D eigenvalue weighted by Gasteiger charge is -2.16. The third-order valence-electron chi connectivity index (χ3n) is 6.89. The van der Waals surface area contributed by atoms with Crippen LogP contribution < -0.4 is 24.3 Å².